The summed E-state index contributed by atoms with van der Waals surface area (Å²) in [5.74, 6) is 2.07. The number of nitrogens with one attached hydrogen (secondary N) is 2. The van der Waals surface area contributed by atoms with E-state index in [2.05, 4.69) is 26.6 Å². The van der Waals surface area contributed by atoms with Crippen molar-refractivity contribution in [2.45, 2.75) is 31.7 Å². The summed E-state index contributed by atoms with van der Waals surface area (Å²) in [4.78, 5) is 23.4. The minimum Gasteiger partial charge on any atom is -0.383 e. The van der Waals surface area contributed by atoms with Crippen molar-refractivity contribution in [3.8, 4) is 0 Å². The second-order valence-corrected chi connectivity index (χ2v) is 7.26. The lowest BCUT2D eigenvalue weighted by molar-refractivity contribution is -0.123. The summed E-state index contributed by atoms with van der Waals surface area (Å²) >= 11 is 0. The summed E-state index contributed by atoms with van der Waals surface area (Å²) in [6.07, 6.45) is 3.76. The highest BCUT2D eigenvalue weighted by Crippen LogP contribution is 2.27. The maximum atomic E-state index is 12.1. The number of pyridine rings is 2. The SMILES string of the molecule is COC[C@H](C)NC(=O)CN1CCC(c2cccc(Nc3ccccn3)n2)CC1. The van der Waals surface area contributed by atoms with E-state index in [1.165, 1.54) is 0 Å². The highest BCUT2D eigenvalue weighted by Gasteiger charge is 2.23. The molecule has 7 heteroatoms. The van der Waals surface area contributed by atoms with Gasteiger partial charge in [-0.25, -0.2) is 9.97 Å². The number of amides is 1. The normalized spacial score (nSPS) is 16.5. The Morgan fingerprint density at radius 3 is 2.71 bits per heavy atom. The van der Waals surface area contributed by atoms with Gasteiger partial charge in [-0.15, -0.1) is 0 Å². The van der Waals surface area contributed by atoms with Gasteiger partial charge < -0.3 is 15.4 Å². The van der Waals surface area contributed by atoms with Gasteiger partial charge in [-0.2, -0.15) is 0 Å². The Labute approximate surface area is 166 Å². The third-order valence-corrected chi connectivity index (χ3v) is 4.89. The quantitative estimate of drug-likeness (QED) is 0.729. The number of aromatic nitrogens is 2. The van der Waals surface area contributed by atoms with Gasteiger partial charge in [0.05, 0.1) is 13.2 Å². The molecule has 0 unspecified atom stereocenters. The summed E-state index contributed by atoms with van der Waals surface area (Å²) < 4.78 is 5.06. The standard InChI is InChI=1S/C21H29N5O2/c1-16(15-28-2)23-21(27)14-26-12-9-17(10-13-26)18-6-5-8-20(24-18)25-19-7-3-4-11-22-19/h3-8,11,16-17H,9-10,12-15H2,1-2H3,(H,23,27)(H,22,24,25)/t16-/m0/s1. The number of nitrogens with zero attached hydrogens (tertiary/aromatic N) is 3. The molecule has 7 nitrogen and oxygen atoms in total. The Bertz CT molecular complexity index is 747. The van der Waals surface area contributed by atoms with Crippen molar-refractivity contribution in [1.29, 1.82) is 0 Å². The van der Waals surface area contributed by atoms with Gasteiger partial charge >= 0.3 is 0 Å². The first-order valence-electron chi connectivity index (χ1n) is 9.79. The second-order valence-electron chi connectivity index (χ2n) is 7.26. The van der Waals surface area contributed by atoms with Gasteiger partial charge in [-0.3, -0.25) is 9.69 Å². The zero-order chi connectivity index (χ0) is 19.8. The van der Waals surface area contributed by atoms with Crippen molar-refractivity contribution in [1.82, 2.24) is 20.2 Å². The second kappa shape index (κ2) is 10.1. The van der Waals surface area contributed by atoms with E-state index >= 15 is 0 Å². The van der Waals surface area contributed by atoms with Crippen LogP contribution in [0.5, 0.6) is 0 Å². The molecule has 0 radical (unpaired) electrons. The van der Waals surface area contributed by atoms with Crippen molar-refractivity contribution >= 4 is 17.5 Å². The fourth-order valence-corrected chi connectivity index (χ4v) is 3.52. The minimum atomic E-state index is 0.0357. The average Bonchev–Trinajstić information content (AvgIpc) is 2.69. The van der Waals surface area contributed by atoms with Gasteiger partial charge in [-0.1, -0.05) is 12.1 Å². The Morgan fingerprint density at radius 2 is 2.00 bits per heavy atom. The zero-order valence-electron chi connectivity index (χ0n) is 16.6. The van der Waals surface area contributed by atoms with E-state index in [4.69, 9.17) is 9.72 Å². The minimum absolute atomic E-state index is 0.0357. The van der Waals surface area contributed by atoms with Crippen molar-refractivity contribution < 1.29 is 9.53 Å². The van der Waals surface area contributed by atoms with Crippen LogP contribution >= 0.6 is 0 Å². The number of rotatable bonds is 8. The van der Waals surface area contributed by atoms with E-state index in [1.807, 2.05) is 37.3 Å². The number of methoxy groups -OCH3 is 1. The van der Waals surface area contributed by atoms with E-state index in [-0.39, 0.29) is 11.9 Å². The van der Waals surface area contributed by atoms with Crippen LogP contribution < -0.4 is 10.6 Å². The number of carbonyl (C=O) groups is 1. The van der Waals surface area contributed by atoms with Crippen LogP contribution in [0.1, 0.15) is 31.4 Å². The molecule has 1 aliphatic rings. The molecule has 2 N–H and O–H groups in total. The van der Waals surface area contributed by atoms with Gasteiger partial charge in [0.15, 0.2) is 0 Å². The molecule has 150 valence electrons. The third-order valence-electron chi connectivity index (χ3n) is 4.89. The summed E-state index contributed by atoms with van der Waals surface area (Å²) in [5, 5.41) is 6.22. The maximum absolute atomic E-state index is 12.1. The highest BCUT2D eigenvalue weighted by atomic mass is 16.5. The zero-order valence-corrected chi connectivity index (χ0v) is 16.6. The molecule has 0 bridgehead atoms. The van der Waals surface area contributed by atoms with Crippen molar-refractivity contribution in [3.63, 3.8) is 0 Å². The molecule has 0 aliphatic carbocycles. The van der Waals surface area contributed by atoms with Crippen molar-refractivity contribution in [3.05, 3.63) is 48.3 Å². The lowest BCUT2D eigenvalue weighted by atomic mass is 9.93. The molecule has 0 saturated carbocycles. The molecule has 28 heavy (non-hydrogen) atoms. The monoisotopic (exact) mass is 383 g/mol. The molecule has 0 aromatic carbocycles. The smallest absolute Gasteiger partial charge is 0.234 e. The molecule has 1 aliphatic heterocycles. The number of likely N-dealkylation sites (tertiary alicyclic amines) is 1. The molecule has 2 aromatic rings. The van der Waals surface area contributed by atoms with Crippen LogP contribution in [0.3, 0.4) is 0 Å². The third kappa shape index (κ3) is 6.00. The van der Waals surface area contributed by atoms with Gasteiger partial charge in [-0.05, 0) is 57.1 Å². The largest absolute Gasteiger partial charge is 0.383 e. The Hall–Kier alpha value is -2.51. The lowest BCUT2D eigenvalue weighted by Gasteiger charge is -2.31. The summed E-state index contributed by atoms with van der Waals surface area (Å²) in [6.45, 7) is 4.72. The average molecular weight is 383 g/mol. The predicted molar refractivity (Wildman–Crippen MR) is 110 cm³/mol. The molecule has 1 amide bonds. The first kappa shape index (κ1) is 20.2. The number of hydrogen-bond donors (Lipinski definition) is 2. The molecule has 3 heterocycles. The molecule has 2 aromatic heterocycles. The van der Waals surface area contributed by atoms with Crippen LogP contribution in [0, 0.1) is 0 Å². The Morgan fingerprint density at radius 1 is 1.21 bits per heavy atom. The summed E-state index contributed by atoms with van der Waals surface area (Å²) in [6, 6.07) is 11.9. The number of anilines is 2. The summed E-state index contributed by atoms with van der Waals surface area (Å²) in [5.41, 5.74) is 1.10. The molecule has 3 rings (SSSR count). The maximum Gasteiger partial charge on any atom is 0.234 e. The predicted octanol–water partition coefficient (Wildman–Crippen LogP) is 2.55. The first-order valence-corrected chi connectivity index (χ1v) is 9.79. The van der Waals surface area contributed by atoms with Crippen LogP contribution in [0.4, 0.5) is 11.6 Å². The van der Waals surface area contributed by atoms with Crippen LogP contribution in [-0.4, -0.2) is 60.2 Å². The number of carbonyl (C=O) groups excluding carboxylic acids is 1. The summed E-state index contributed by atoms with van der Waals surface area (Å²) in [7, 11) is 1.64. The van der Waals surface area contributed by atoms with Crippen molar-refractivity contribution in [2.24, 2.45) is 0 Å². The topological polar surface area (TPSA) is 79.4 Å². The van der Waals surface area contributed by atoms with Gasteiger partial charge in [0.1, 0.15) is 11.6 Å². The van der Waals surface area contributed by atoms with Crippen LogP contribution in [0.25, 0.3) is 0 Å². The molecule has 1 atom stereocenters. The fraction of sp³-hybridized carbons (Fsp3) is 0.476. The Balaban J connectivity index is 1.49. The van der Waals surface area contributed by atoms with E-state index < -0.39 is 0 Å². The van der Waals surface area contributed by atoms with Crippen LogP contribution in [0.2, 0.25) is 0 Å². The molecule has 0 spiro atoms. The van der Waals surface area contributed by atoms with Crippen LogP contribution in [-0.2, 0) is 9.53 Å². The molecular weight excluding hydrogens is 354 g/mol. The molecule has 1 fully saturated rings. The number of ether oxygens (including phenoxy) is 1. The van der Waals surface area contributed by atoms with E-state index in [0.29, 0.717) is 19.1 Å². The number of piperidine rings is 1. The van der Waals surface area contributed by atoms with Gasteiger partial charge in [0.2, 0.25) is 5.91 Å². The van der Waals surface area contributed by atoms with E-state index in [0.717, 1.165) is 43.3 Å². The Kier molecular flexibility index (Phi) is 7.33. The molecule has 1 saturated heterocycles. The van der Waals surface area contributed by atoms with Gasteiger partial charge in [0.25, 0.3) is 0 Å². The van der Waals surface area contributed by atoms with Crippen LogP contribution in [0.15, 0.2) is 42.6 Å². The fourth-order valence-electron chi connectivity index (χ4n) is 3.52. The first-order chi connectivity index (χ1) is 13.6. The molecular formula is C21H29N5O2. The lowest BCUT2D eigenvalue weighted by Crippen LogP contribution is -2.44. The van der Waals surface area contributed by atoms with Gasteiger partial charge in [0, 0.05) is 31.0 Å². The van der Waals surface area contributed by atoms with Crippen molar-refractivity contribution in [2.75, 3.05) is 38.7 Å². The highest BCUT2D eigenvalue weighted by molar-refractivity contribution is 5.78. The van der Waals surface area contributed by atoms with E-state index in [1.54, 1.807) is 13.3 Å². The number of hydrogen-bond acceptors (Lipinski definition) is 6. The van der Waals surface area contributed by atoms with E-state index in [9.17, 15) is 4.79 Å².